The van der Waals surface area contributed by atoms with Crippen LogP contribution in [0.4, 0.5) is 30.2 Å². The van der Waals surface area contributed by atoms with Gasteiger partial charge >= 0.3 is 0 Å². The summed E-state index contributed by atoms with van der Waals surface area (Å²) in [5.41, 5.74) is 16.7. The summed E-state index contributed by atoms with van der Waals surface area (Å²) in [7, 11) is 6.24. The van der Waals surface area contributed by atoms with Gasteiger partial charge in [0.25, 0.3) is 17.7 Å². The largest absolute Gasteiger partial charge is 0.381 e. The summed E-state index contributed by atoms with van der Waals surface area (Å²) in [5, 5.41) is 9.00. The van der Waals surface area contributed by atoms with Crippen molar-refractivity contribution in [3.05, 3.63) is 298 Å². The van der Waals surface area contributed by atoms with Crippen molar-refractivity contribution < 1.29 is 56.8 Å². The number of benzene rings is 9. The summed E-state index contributed by atoms with van der Waals surface area (Å²) >= 11 is 0. The Morgan fingerprint density at radius 3 is 1.23 bits per heavy atom. The van der Waals surface area contributed by atoms with Gasteiger partial charge in [-0.05, 0) is 329 Å². The van der Waals surface area contributed by atoms with Gasteiger partial charge in [-0.3, -0.25) is 29.4 Å². The van der Waals surface area contributed by atoms with E-state index in [0.717, 1.165) is 172 Å². The SMILES string of the molecule is [2H]c1c(C)cc(Cc2ccc3c(c2)C(NC(=O)c2ccc(N4CCN(C)CC4)cc2CC2CCOCC2)=NC3)cc1F.[2H]c1cc(C(=O)NC2=NCc3ccc(C([2H])([2H])c4cc(C)cc(F)c4)cc32)c(CC2CCOCC2)c([2H])c1N1CCN(C)CC1.[2H]c1cc(C(=O)NC2=NCc3ccc(Cc4cc(C)cc(F)c4)cc32)c(CC2CC([2H])([2H])OC([2H])([2H])C2)c([2H])c1N1CCN(C)CC1. The number of amides is 3. The minimum Gasteiger partial charge on any atom is -0.381 e. The van der Waals surface area contributed by atoms with Crippen LogP contribution in [-0.4, -0.2) is 189 Å². The van der Waals surface area contributed by atoms with Crippen LogP contribution >= 0.6 is 0 Å². The summed E-state index contributed by atoms with van der Waals surface area (Å²) in [4.78, 5) is 68.8. The molecule has 6 fully saturated rings. The third kappa shape index (κ3) is 22.3. The molecule has 0 aromatic heterocycles. The number of hydrogen-bond acceptors (Lipinski definition) is 15. The number of anilines is 3. The first-order valence-corrected chi connectivity index (χ1v) is 43.3. The van der Waals surface area contributed by atoms with Crippen LogP contribution in [0, 0.1) is 56.0 Å². The zero-order chi connectivity index (χ0) is 94.8. The molecule has 18 nitrogen and oxygen atoms in total. The molecule has 0 aliphatic carbocycles. The maximum atomic E-state index is 14.2. The summed E-state index contributed by atoms with van der Waals surface area (Å²) in [5.74, 6) is -0.908. The van der Waals surface area contributed by atoms with Crippen LogP contribution in [0.25, 0.3) is 0 Å². The molecule has 18 rings (SSSR count). The molecule has 0 spiro atoms. The Morgan fingerprint density at radius 2 is 0.780 bits per heavy atom. The molecule has 21 heteroatoms. The van der Waals surface area contributed by atoms with E-state index in [4.69, 9.17) is 26.5 Å². The maximum Gasteiger partial charge on any atom is 0.257 e. The molecular weight excluding hydrogens is 1550 g/mol. The number of piperazine rings is 3. The molecule has 3 N–H and O–H groups in total. The average molecular weight is 1680 g/mol. The van der Waals surface area contributed by atoms with E-state index in [9.17, 15) is 30.3 Å². The van der Waals surface area contributed by atoms with Gasteiger partial charge in [0.2, 0.25) is 0 Å². The fourth-order valence-corrected chi connectivity index (χ4v) is 17.7. The lowest BCUT2D eigenvalue weighted by molar-refractivity contribution is 0.0663. The summed E-state index contributed by atoms with van der Waals surface area (Å²) in [6, 6.07) is 39.3. The molecular formula is C102H117F3N12O6. The number of ether oxygens (including phenoxy) is 3. The fraction of sp³-hybridized carbons (Fsp3) is 0.412. The van der Waals surface area contributed by atoms with Crippen molar-refractivity contribution >= 4 is 52.3 Å². The van der Waals surface area contributed by atoms with Crippen molar-refractivity contribution in [2.24, 2.45) is 32.7 Å². The topological polar surface area (TPSA) is 172 Å². The number of aliphatic imine (C=N–C) groups is 3. The van der Waals surface area contributed by atoms with Crippen molar-refractivity contribution in [2.75, 3.05) is 154 Å². The minimum atomic E-state index is -2.20. The molecule has 0 saturated carbocycles. The van der Waals surface area contributed by atoms with E-state index < -0.39 is 48.9 Å². The first-order valence-electron chi connectivity index (χ1n) is 48.8. The summed E-state index contributed by atoms with van der Waals surface area (Å²) in [6.07, 6.45) is 4.08. The molecule has 0 bridgehead atoms. The lowest BCUT2D eigenvalue weighted by Crippen LogP contribution is -2.44. The second-order valence-corrected chi connectivity index (χ2v) is 34.3. The van der Waals surface area contributed by atoms with E-state index in [1.165, 1.54) is 42.1 Å². The molecule has 9 aromatic rings. The zero-order valence-electron chi connectivity index (χ0n) is 82.3. The third-order valence-electron chi connectivity index (χ3n) is 24.7. The molecule has 0 unspecified atom stereocenters. The number of nitrogens with zero attached hydrogens (tertiary/aromatic N) is 9. The standard InChI is InChI=1S/3C34H39FN4O2/c3*1-23-15-26(19-29(35)16-23)17-25-3-4-27-22-36-33(32(27)20-25)37-34(40)31-6-5-30(39-11-9-38(2)10-12-39)21-28(31)18-24-7-13-41-14-8-24/h3*3-6,15-16,19-21,24H,7-14,17-18,22H2,1-2H3,(H,36,37,40)/i5D,13D2,14D2,21D;5D,17D2,21D;16D. The highest BCUT2D eigenvalue weighted by molar-refractivity contribution is 6.16. The van der Waals surface area contributed by atoms with Crippen LogP contribution in [0.3, 0.4) is 0 Å². The third-order valence-corrected chi connectivity index (χ3v) is 24.7. The van der Waals surface area contributed by atoms with Crippen LogP contribution < -0.4 is 30.7 Å². The Labute approximate surface area is 738 Å². The first kappa shape index (κ1) is 72.8. The zero-order valence-corrected chi connectivity index (χ0v) is 71.3. The van der Waals surface area contributed by atoms with Crippen molar-refractivity contribution in [3.8, 4) is 0 Å². The predicted molar refractivity (Wildman–Crippen MR) is 484 cm³/mol. The van der Waals surface area contributed by atoms with Gasteiger partial charge in [0, 0.05) is 171 Å². The van der Waals surface area contributed by atoms with E-state index in [1.54, 1.807) is 44.2 Å². The normalized spacial score (nSPS) is 20.1. The number of nitrogens with one attached hydrogen (secondary N) is 3. The molecule has 9 heterocycles. The fourth-order valence-electron chi connectivity index (χ4n) is 17.7. The van der Waals surface area contributed by atoms with Crippen LogP contribution in [-0.2, 0) is 72.3 Å². The summed E-state index contributed by atoms with van der Waals surface area (Å²) < 4.78 is 153. The number of likely N-dealkylation sites (N-methyl/N-ethyl adjacent to an activating group) is 3. The van der Waals surface area contributed by atoms with Crippen molar-refractivity contribution in [1.29, 1.82) is 0 Å². The van der Waals surface area contributed by atoms with Crippen molar-refractivity contribution in [2.45, 2.75) is 117 Å². The molecule has 123 heavy (non-hydrogen) atoms. The molecule has 9 aliphatic rings. The number of hydrogen-bond donors (Lipinski definition) is 3. The van der Waals surface area contributed by atoms with E-state index in [2.05, 4.69) is 81.7 Å². The first-order chi connectivity index (χ1) is 64.0. The summed E-state index contributed by atoms with van der Waals surface area (Å²) in [6.45, 7) is 14.9. The molecule has 0 radical (unpaired) electrons. The Balaban J connectivity index is 0.000000146. The highest BCUT2D eigenvalue weighted by Crippen LogP contribution is 2.34. The molecule has 642 valence electrons. The minimum absolute atomic E-state index is 0.0289. The molecule has 9 aliphatic heterocycles. The predicted octanol–water partition coefficient (Wildman–Crippen LogP) is 15.4. The lowest BCUT2D eigenvalue weighted by atomic mass is 9.89. The monoisotopic (exact) mass is 1670 g/mol. The van der Waals surface area contributed by atoms with Crippen LogP contribution in [0.1, 0.15) is 185 Å². The molecule has 3 amide bonds. The van der Waals surface area contributed by atoms with Crippen LogP contribution in [0.2, 0.25) is 0 Å². The number of fused-ring (bicyclic) bond motifs is 3. The average Bonchev–Trinajstić information content (AvgIpc) is 0.771. The van der Waals surface area contributed by atoms with Gasteiger partial charge in [-0.2, -0.15) is 0 Å². The highest BCUT2D eigenvalue weighted by Gasteiger charge is 2.30. The second kappa shape index (κ2) is 39.9. The number of aryl methyl sites for hydroxylation is 3. The number of halogens is 3. The van der Waals surface area contributed by atoms with E-state index in [-0.39, 0.29) is 78.2 Å². The highest BCUT2D eigenvalue weighted by atomic mass is 19.1. The van der Waals surface area contributed by atoms with Gasteiger partial charge in [-0.25, -0.2) is 13.2 Å². The molecule has 0 atom stereocenters. The Kier molecular flexibility index (Phi) is 23.6. The maximum absolute atomic E-state index is 14.2. The van der Waals surface area contributed by atoms with Gasteiger partial charge in [0.05, 0.1) is 32.0 Å². The Hall–Kier alpha value is -10.7. The van der Waals surface area contributed by atoms with E-state index in [0.29, 0.717) is 145 Å². The van der Waals surface area contributed by atoms with E-state index >= 15 is 0 Å². The second-order valence-electron chi connectivity index (χ2n) is 34.3. The Morgan fingerprint density at radius 1 is 0.398 bits per heavy atom. The number of amidine groups is 3. The molecule has 6 saturated heterocycles. The molecule has 9 aromatic carbocycles. The number of carbonyl (C=O) groups is 3. The van der Waals surface area contributed by atoms with E-state index in [1.807, 2.05) is 73.5 Å². The van der Waals surface area contributed by atoms with Gasteiger partial charge in [0.1, 0.15) is 35.0 Å². The Bertz CT molecular complexity index is 5970. The van der Waals surface area contributed by atoms with Gasteiger partial charge in [0.15, 0.2) is 0 Å². The van der Waals surface area contributed by atoms with Crippen molar-refractivity contribution in [3.63, 3.8) is 0 Å². The quantitative estimate of drug-likeness (QED) is 0.0744. The van der Waals surface area contributed by atoms with Crippen LogP contribution in [0.15, 0.2) is 179 Å². The van der Waals surface area contributed by atoms with Gasteiger partial charge in [-0.1, -0.05) is 54.6 Å². The van der Waals surface area contributed by atoms with Gasteiger partial charge in [-0.15, -0.1) is 0 Å². The van der Waals surface area contributed by atoms with Crippen molar-refractivity contribution in [1.82, 2.24) is 30.7 Å². The lowest BCUT2D eigenvalue weighted by Gasteiger charge is -2.34. The van der Waals surface area contributed by atoms with Gasteiger partial charge < -0.3 is 59.6 Å². The van der Waals surface area contributed by atoms with Crippen LogP contribution in [0.5, 0.6) is 0 Å². The number of rotatable bonds is 18. The smallest absolute Gasteiger partial charge is 0.257 e. The number of carbonyl (C=O) groups excluding carboxylic acids is 3.